The molecule has 4 aliphatic rings. The van der Waals surface area contributed by atoms with Crippen LogP contribution < -0.4 is 4.74 Å². The van der Waals surface area contributed by atoms with Gasteiger partial charge in [0.15, 0.2) is 17.6 Å². The van der Waals surface area contributed by atoms with Gasteiger partial charge < -0.3 is 14.6 Å². The second kappa shape index (κ2) is 5.06. The van der Waals surface area contributed by atoms with Crippen molar-refractivity contribution >= 4 is 0 Å². The van der Waals surface area contributed by atoms with E-state index in [1.807, 2.05) is 0 Å². The Hall–Kier alpha value is -1.90. The molecule has 1 saturated carbocycles. The van der Waals surface area contributed by atoms with E-state index in [1.54, 1.807) is 13.2 Å². The summed E-state index contributed by atoms with van der Waals surface area (Å²) in [6.07, 6.45) is 7.96. The molecule has 3 aliphatic carbocycles. The van der Waals surface area contributed by atoms with Crippen LogP contribution in [0.4, 0.5) is 0 Å². The van der Waals surface area contributed by atoms with E-state index in [0.717, 1.165) is 25.0 Å². The summed E-state index contributed by atoms with van der Waals surface area (Å²) in [6, 6.07) is 3.91. The summed E-state index contributed by atoms with van der Waals surface area (Å²) in [5.74, 6) is 3.12. The molecular formula is C22H26O3. The number of methoxy groups -OCH3 is 1. The molecule has 1 N–H and O–H groups in total. The van der Waals surface area contributed by atoms with Crippen LogP contribution in [0.25, 0.3) is 0 Å². The molecule has 3 nitrogen and oxygen atoms in total. The van der Waals surface area contributed by atoms with Gasteiger partial charge in [-0.15, -0.1) is 0 Å². The standard InChI is InChI=1S/C22H26O3/c1-12(2)9-15-11-16-13-5-4-8-22(16)18-14(10-13)6-7-17(23)20(18)25-21(22)19(15)24-3/h6-7,11-13,21,23H,4-5,8-10H2,1-3H3. The Morgan fingerprint density at radius 1 is 1.36 bits per heavy atom. The quantitative estimate of drug-likeness (QED) is 0.873. The maximum absolute atomic E-state index is 10.5. The van der Waals surface area contributed by atoms with Crippen molar-refractivity contribution in [1.29, 1.82) is 0 Å². The summed E-state index contributed by atoms with van der Waals surface area (Å²) in [5, 5.41) is 10.5. The molecule has 0 aromatic heterocycles. The first-order chi connectivity index (χ1) is 12.1. The number of rotatable bonds is 3. The lowest BCUT2D eigenvalue weighted by Crippen LogP contribution is -2.50. The van der Waals surface area contributed by atoms with Crippen LogP contribution in [0.1, 0.15) is 50.7 Å². The lowest BCUT2D eigenvalue weighted by molar-refractivity contribution is 0.0914. The number of phenolic OH excluding ortho intramolecular Hbond substituents is 1. The Morgan fingerprint density at radius 3 is 2.96 bits per heavy atom. The fourth-order valence-corrected chi connectivity index (χ4v) is 5.85. The molecule has 5 rings (SSSR count). The van der Waals surface area contributed by atoms with Gasteiger partial charge in [0, 0.05) is 5.56 Å². The van der Waals surface area contributed by atoms with E-state index < -0.39 is 0 Å². The average Bonchev–Trinajstić information content (AvgIpc) is 2.90. The summed E-state index contributed by atoms with van der Waals surface area (Å²) in [6.45, 7) is 4.50. The Bertz CT molecular complexity index is 817. The molecule has 25 heavy (non-hydrogen) atoms. The monoisotopic (exact) mass is 338 g/mol. The van der Waals surface area contributed by atoms with Gasteiger partial charge in [0.1, 0.15) is 5.76 Å². The van der Waals surface area contributed by atoms with Gasteiger partial charge in [0.2, 0.25) is 0 Å². The molecule has 0 amide bonds. The van der Waals surface area contributed by atoms with E-state index in [1.165, 1.54) is 35.1 Å². The van der Waals surface area contributed by atoms with Crippen LogP contribution in [0.2, 0.25) is 0 Å². The first kappa shape index (κ1) is 15.4. The Morgan fingerprint density at radius 2 is 2.20 bits per heavy atom. The lowest BCUT2D eigenvalue weighted by Gasteiger charge is -2.50. The van der Waals surface area contributed by atoms with Crippen molar-refractivity contribution in [2.75, 3.05) is 7.11 Å². The van der Waals surface area contributed by atoms with Crippen LogP contribution in [0.3, 0.4) is 0 Å². The summed E-state index contributed by atoms with van der Waals surface area (Å²) in [7, 11) is 1.77. The van der Waals surface area contributed by atoms with Gasteiger partial charge in [-0.05, 0) is 54.7 Å². The fraction of sp³-hybridized carbons (Fsp3) is 0.545. The largest absolute Gasteiger partial charge is 0.504 e. The van der Waals surface area contributed by atoms with E-state index in [4.69, 9.17) is 9.47 Å². The highest BCUT2D eigenvalue weighted by atomic mass is 16.5. The molecule has 1 aliphatic heterocycles. The molecule has 1 spiro atoms. The molecule has 3 atom stereocenters. The molecule has 132 valence electrons. The van der Waals surface area contributed by atoms with Crippen molar-refractivity contribution in [3.8, 4) is 11.5 Å². The maximum Gasteiger partial charge on any atom is 0.169 e. The molecule has 3 heteroatoms. The molecule has 2 bridgehead atoms. The van der Waals surface area contributed by atoms with Crippen LogP contribution in [0.5, 0.6) is 11.5 Å². The Kier molecular flexibility index (Phi) is 3.11. The van der Waals surface area contributed by atoms with Crippen LogP contribution in [0, 0.1) is 11.8 Å². The number of ether oxygens (including phenoxy) is 2. The lowest BCUT2D eigenvalue weighted by atomic mass is 9.53. The van der Waals surface area contributed by atoms with Gasteiger partial charge >= 0.3 is 0 Å². The number of hydrogen-bond donors (Lipinski definition) is 1. The minimum atomic E-state index is -0.115. The van der Waals surface area contributed by atoms with Crippen molar-refractivity contribution in [2.45, 2.75) is 57.5 Å². The SMILES string of the molecule is COC1=C(CC(C)C)C=C2C3CCCC24c2c(ccc(O)c2OC14)C3. The minimum Gasteiger partial charge on any atom is -0.504 e. The van der Waals surface area contributed by atoms with Gasteiger partial charge in [-0.1, -0.05) is 38.0 Å². The summed E-state index contributed by atoms with van der Waals surface area (Å²) in [4.78, 5) is 0. The summed E-state index contributed by atoms with van der Waals surface area (Å²) in [5.41, 5.74) is 5.32. The predicted octanol–water partition coefficient (Wildman–Crippen LogP) is 4.63. The summed E-state index contributed by atoms with van der Waals surface area (Å²) >= 11 is 0. The topological polar surface area (TPSA) is 38.7 Å². The number of benzene rings is 1. The van der Waals surface area contributed by atoms with E-state index in [9.17, 15) is 5.11 Å². The second-order valence-corrected chi connectivity index (χ2v) is 8.50. The van der Waals surface area contributed by atoms with Crippen LogP contribution in [-0.2, 0) is 16.6 Å². The predicted molar refractivity (Wildman–Crippen MR) is 96.8 cm³/mol. The third-order valence-corrected chi connectivity index (χ3v) is 6.63. The van der Waals surface area contributed by atoms with Crippen molar-refractivity contribution in [3.05, 3.63) is 46.2 Å². The van der Waals surface area contributed by atoms with Gasteiger partial charge in [-0.25, -0.2) is 0 Å². The highest BCUT2D eigenvalue weighted by Gasteiger charge is 2.61. The van der Waals surface area contributed by atoms with E-state index in [2.05, 4.69) is 26.0 Å². The molecule has 1 aromatic rings. The van der Waals surface area contributed by atoms with Crippen molar-refractivity contribution in [1.82, 2.24) is 0 Å². The highest BCUT2D eigenvalue weighted by Crippen LogP contribution is 2.65. The normalized spacial score (nSPS) is 31.6. The molecule has 1 fully saturated rings. The molecule has 1 heterocycles. The van der Waals surface area contributed by atoms with Crippen LogP contribution in [0.15, 0.2) is 35.1 Å². The number of aromatic hydroxyl groups is 1. The van der Waals surface area contributed by atoms with Crippen molar-refractivity contribution < 1.29 is 14.6 Å². The van der Waals surface area contributed by atoms with E-state index >= 15 is 0 Å². The fourth-order valence-electron chi connectivity index (χ4n) is 5.85. The van der Waals surface area contributed by atoms with Crippen LogP contribution in [-0.4, -0.2) is 18.3 Å². The molecule has 3 unspecified atom stereocenters. The van der Waals surface area contributed by atoms with Crippen molar-refractivity contribution in [2.24, 2.45) is 11.8 Å². The third kappa shape index (κ3) is 1.82. The molecule has 0 saturated heterocycles. The third-order valence-electron chi connectivity index (χ3n) is 6.63. The first-order valence-corrected chi connectivity index (χ1v) is 9.57. The number of phenols is 1. The zero-order valence-corrected chi connectivity index (χ0v) is 15.3. The van der Waals surface area contributed by atoms with Gasteiger partial charge in [0.25, 0.3) is 0 Å². The zero-order chi connectivity index (χ0) is 17.3. The van der Waals surface area contributed by atoms with Crippen LogP contribution >= 0.6 is 0 Å². The average molecular weight is 338 g/mol. The number of allylic oxidation sites excluding steroid dienone is 2. The minimum absolute atomic E-state index is 0.114. The number of hydrogen-bond acceptors (Lipinski definition) is 3. The smallest absolute Gasteiger partial charge is 0.169 e. The van der Waals surface area contributed by atoms with Crippen molar-refractivity contribution in [3.63, 3.8) is 0 Å². The van der Waals surface area contributed by atoms with E-state index in [0.29, 0.717) is 17.6 Å². The first-order valence-electron chi connectivity index (χ1n) is 9.57. The summed E-state index contributed by atoms with van der Waals surface area (Å²) < 4.78 is 12.4. The zero-order valence-electron chi connectivity index (χ0n) is 15.3. The Labute approximate surface area is 149 Å². The van der Waals surface area contributed by atoms with Gasteiger partial charge in [-0.2, -0.15) is 0 Å². The molecular weight excluding hydrogens is 312 g/mol. The molecule has 0 radical (unpaired) electrons. The maximum atomic E-state index is 10.5. The highest BCUT2D eigenvalue weighted by molar-refractivity contribution is 5.67. The van der Waals surface area contributed by atoms with Gasteiger partial charge in [-0.3, -0.25) is 0 Å². The second-order valence-electron chi connectivity index (χ2n) is 8.50. The Balaban J connectivity index is 1.79. The van der Waals surface area contributed by atoms with Gasteiger partial charge in [0.05, 0.1) is 12.5 Å². The molecule has 1 aromatic carbocycles. The van der Waals surface area contributed by atoms with E-state index in [-0.39, 0.29) is 17.3 Å².